The summed E-state index contributed by atoms with van der Waals surface area (Å²) in [6.07, 6.45) is 3.17. The highest BCUT2D eigenvalue weighted by Gasteiger charge is 2.15. The van der Waals surface area contributed by atoms with Gasteiger partial charge in [-0.1, -0.05) is 36.4 Å². The third kappa shape index (κ3) is 3.86. The molecule has 4 rings (SSSR count). The van der Waals surface area contributed by atoms with E-state index in [0.717, 1.165) is 11.4 Å². The van der Waals surface area contributed by atoms with Gasteiger partial charge in [0.25, 0.3) is 0 Å². The minimum Gasteiger partial charge on any atom is -0.373 e. The molecule has 150 valence electrons. The minimum absolute atomic E-state index is 0.0661. The van der Waals surface area contributed by atoms with E-state index in [1.807, 2.05) is 65.2 Å². The van der Waals surface area contributed by atoms with Crippen molar-refractivity contribution in [3.63, 3.8) is 0 Å². The Balaban J connectivity index is 1.96. The standard InChI is InChI=1S/C23H21N5O2/c1-24-22(30)15-26-19-14-25-13-18-20(29)12-21(27-16-8-4-2-5-9-16)28(23(18)19)17-10-6-3-7-11-17/h2-14,26-27H,15H2,1H3,(H,24,30). The van der Waals surface area contributed by atoms with Crippen LogP contribution in [0.1, 0.15) is 0 Å². The summed E-state index contributed by atoms with van der Waals surface area (Å²) in [4.78, 5) is 28.9. The van der Waals surface area contributed by atoms with Crippen molar-refractivity contribution in [2.75, 3.05) is 24.2 Å². The third-order valence-electron chi connectivity index (χ3n) is 4.69. The van der Waals surface area contributed by atoms with Gasteiger partial charge in [0.15, 0.2) is 5.43 Å². The number of hydrogen-bond acceptors (Lipinski definition) is 5. The van der Waals surface area contributed by atoms with Crippen molar-refractivity contribution in [1.82, 2.24) is 14.9 Å². The molecule has 2 aromatic heterocycles. The first-order valence-corrected chi connectivity index (χ1v) is 9.53. The molecule has 4 aromatic rings. The molecule has 0 saturated carbocycles. The van der Waals surface area contributed by atoms with E-state index in [2.05, 4.69) is 20.9 Å². The second-order valence-electron chi connectivity index (χ2n) is 6.67. The number of carbonyl (C=O) groups is 1. The molecule has 0 aliphatic carbocycles. The first kappa shape index (κ1) is 19.2. The lowest BCUT2D eigenvalue weighted by Gasteiger charge is -2.20. The van der Waals surface area contributed by atoms with Gasteiger partial charge >= 0.3 is 0 Å². The van der Waals surface area contributed by atoms with Crippen molar-refractivity contribution < 1.29 is 4.79 Å². The van der Waals surface area contributed by atoms with Gasteiger partial charge in [0.1, 0.15) is 5.82 Å². The van der Waals surface area contributed by atoms with E-state index in [1.54, 1.807) is 25.5 Å². The molecule has 0 radical (unpaired) electrons. The number of benzene rings is 2. The Morgan fingerprint density at radius 2 is 1.70 bits per heavy atom. The van der Waals surface area contributed by atoms with Gasteiger partial charge in [0.2, 0.25) is 5.91 Å². The quantitative estimate of drug-likeness (QED) is 0.463. The summed E-state index contributed by atoms with van der Waals surface area (Å²) in [6.45, 7) is 0.0661. The maximum Gasteiger partial charge on any atom is 0.239 e. The lowest BCUT2D eigenvalue weighted by Crippen LogP contribution is -2.26. The Bertz CT molecular complexity index is 1240. The molecular weight excluding hydrogens is 378 g/mol. The Kier molecular flexibility index (Phi) is 5.43. The number of likely N-dealkylation sites (N-methyl/N-ethyl adjacent to an activating group) is 1. The first-order chi connectivity index (χ1) is 14.7. The SMILES string of the molecule is CNC(=O)CNc1cncc2c(=O)cc(Nc3ccccc3)n(-c3ccccc3)c12. The molecule has 0 atom stereocenters. The normalized spacial score (nSPS) is 10.6. The van der Waals surface area contributed by atoms with E-state index in [0.29, 0.717) is 22.4 Å². The molecule has 2 heterocycles. The molecule has 0 saturated heterocycles. The van der Waals surface area contributed by atoms with Gasteiger partial charge in [-0.05, 0) is 24.3 Å². The van der Waals surface area contributed by atoms with Crippen LogP contribution in [0.15, 0.2) is 83.9 Å². The summed E-state index contributed by atoms with van der Waals surface area (Å²) in [5.41, 5.74) is 2.80. The monoisotopic (exact) mass is 399 g/mol. The summed E-state index contributed by atoms with van der Waals surface area (Å²) in [7, 11) is 1.58. The number of fused-ring (bicyclic) bond motifs is 1. The molecule has 0 aliphatic rings. The number of rotatable bonds is 6. The van der Waals surface area contributed by atoms with Gasteiger partial charge < -0.3 is 16.0 Å². The van der Waals surface area contributed by atoms with E-state index in [-0.39, 0.29) is 17.9 Å². The molecule has 2 aromatic carbocycles. The zero-order valence-corrected chi connectivity index (χ0v) is 16.4. The van der Waals surface area contributed by atoms with Gasteiger partial charge in [-0.3, -0.25) is 19.1 Å². The number of aromatic nitrogens is 2. The molecule has 0 fully saturated rings. The second-order valence-corrected chi connectivity index (χ2v) is 6.67. The third-order valence-corrected chi connectivity index (χ3v) is 4.69. The Labute approximate surface area is 173 Å². The highest BCUT2D eigenvalue weighted by atomic mass is 16.1. The van der Waals surface area contributed by atoms with E-state index in [9.17, 15) is 9.59 Å². The number of nitrogens with one attached hydrogen (secondary N) is 3. The molecule has 0 aliphatic heterocycles. The van der Waals surface area contributed by atoms with Crippen LogP contribution in [0.5, 0.6) is 0 Å². The smallest absolute Gasteiger partial charge is 0.239 e. The van der Waals surface area contributed by atoms with Crippen molar-refractivity contribution in [1.29, 1.82) is 0 Å². The van der Waals surface area contributed by atoms with Gasteiger partial charge in [-0.15, -0.1) is 0 Å². The number of anilines is 3. The van der Waals surface area contributed by atoms with Crippen LogP contribution >= 0.6 is 0 Å². The summed E-state index contributed by atoms with van der Waals surface area (Å²) in [5, 5.41) is 9.49. The largest absolute Gasteiger partial charge is 0.373 e. The van der Waals surface area contributed by atoms with Crippen molar-refractivity contribution in [2.45, 2.75) is 0 Å². The molecule has 0 spiro atoms. The number of amides is 1. The fourth-order valence-electron chi connectivity index (χ4n) is 3.26. The van der Waals surface area contributed by atoms with Crippen LogP contribution in [-0.2, 0) is 4.79 Å². The van der Waals surface area contributed by atoms with Gasteiger partial charge in [-0.25, -0.2) is 0 Å². The topological polar surface area (TPSA) is 88.1 Å². The Morgan fingerprint density at radius 3 is 2.40 bits per heavy atom. The lowest BCUT2D eigenvalue weighted by molar-refractivity contribution is -0.118. The first-order valence-electron chi connectivity index (χ1n) is 9.53. The van der Waals surface area contributed by atoms with Crippen LogP contribution < -0.4 is 21.4 Å². The van der Waals surface area contributed by atoms with Crippen LogP contribution in [0.25, 0.3) is 16.6 Å². The highest BCUT2D eigenvalue weighted by molar-refractivity contribution is 5.94. The van der Waals surface area contributed by atoms with E-state index >= 15 is 0 Å². The molecule has 3 N–H and O–H groups in total. The summed E-state index contributed by atoms with van der Waals surface area (Å²) < 4.78 is 1.96. The van der Waals surface area contributed by atoms with Gasteiger partial charge in [-0.2, -0.15) is 0 Å². The highest BCUT2D eigenvalue weighted by Crippen LogP contribution is 2.29. The number of hydrogen-bond donors (Lipinski definition) is 3. The lowest BCUT2D eigenvalue weighted by atomic mass is 10.2. The second kappa shape index (κ2) is 8.48. The zero-order chi connectivity index (χ0) is 20.9. The van der Waals surface area contributed by atoms with Crippen LogP contribution in [0.2, 0.25) is 0 Å². The van der Waals surface area contributed by atoms with Crippen LogP contribution in [-0.4, -0.2) is 29.1 Å². The Hall–Kier alpha value is -4.13. The average molecular weight is 399 g/mol. The van der Waals surface area contributed by atoms with Crippen molar-refractivity contribution in [3.05, 3.63) is 89.3 Å². The molecule has 0 unspecified atom stereocenters. The van der Waals surface area contributed by atoms with Crippen molar-refractivity contribution in [2.24, 2.45) is 0 Å². The van der Waals surface area contributed by atoms with Crippen molar-refractivity contribution >= 4 is 34.0 Å². The average Bonchev–Trinajstić information content (AvgIpc) is 2.79. The summed E-state index contributed by atoms with van der Waals surface area (Å²) in [5.74, 6) is 0.443. The molecular formula is C23H21N5O2. The number of pyridine rings is 2. The molecule has 7 heteroatoms. The molecule has 30 heavy (non-hydrogen) atoms. The molecule has 1 amide bonds. The Morgan fingerprint density at radius 1 is 1.00 bits per heavy atom. The predicted molar refractivity (Wildman–Crippen MR) is 120 cm³/mol. The summed E-state index contributed by atoms with van der Waals surface area (Å²) in [6, 6.07) is 20.9. The van der Waals surface area contributed by atoms with Crippen molar-refractivity contribution in [3.8, 4) is 5.69 Å². The molecule has 7 nitrogen and oxygen atoms in total. The van der Waals surface area contributed by atoms with E-state index in [4.69, 9.17) is 0 Å². The van der Waals surface area contributed by atoms with Crippen LogP contribution in [0.3, 0.4) is 0 Å². The minimum atomic E-state index is -0.167. The van der Waals surface area contributed by atoms with E-state index in [1.165, 1.54) is 0 Å². The maximum atomic E-state index is 12.9. The van der Waals surface area contributed by atoms with Gasteiger partial charge in [0.05, 0.1) is 29.3 Å². The zero-order valence-electron chi connectivity index (χ0n) is 16.4. The molecule has 0 bridgehead atoms. The predicted octanol–water partition coefficient (Wildman–Crippen LogP) is 3.29. The van der Waals surface area contributed by atoms with E-state index < -0.39 is 0 Å². The van der Waals surface area contributed by atoms with Crippen LogP contribution in [0, 0.1) is 0 Å². The fourth-order valence-corrected chi connectivity index (χ4v) is 3.26. The van der Waals surface area contributed by atoms with Gasteiger partial charge in [0, 0.05) is 30.7 Å². The fraction of sp³-hybridized carbons (Fsp3) is 0.0870. The number of nitrogens with zero attached hydrogens (tertiary/aromatic N) is 2. The summed E-state index contributed by atoms with van der Waals surface area (Å²) >= 11 is 0. The maximum absolute atomic E-state index is 12.9. The number of para-hydroxylation sites is 2. The van der Waals surface area contributed by atoms with Crippen LogP contribution in [0.4, 0.5) is 17.2 Å². The number of carbonyl (C=O) groups excluding carboxylic acids is 1.